The van der Waals surface area contributed by atoms with Gasteiger partial charge in [0.15, 0.2) is 5.54 Å². The van der Waals surface area contributed by atoms with Crippen LogP contribution in [-0.4, -0.2) is 21.4 Å². The monoisotopic (exact) mass is 283 g/mol. The Morgan fingerprint density at radius 3 is 2.15 bits per heavy atom. The number of nitrogens with zero attached hydrogens (tertiary/aromatic N) is 2. The summed E-state index contributed by atoms with van der Waals surface area (Å²) in [5.74, 6) is -0.322. The molecular weight excluding hydrogens is 262 g/mol. The minimum Gasteiger partial charge on any atom is -0.310 e. The van der Waals surface area contributed by atoms with Crippen LogP contribution < -0.4 is 5.73 Å². The Hall–Kier alpha value is -1.76. The first kappa shape index (κ1) is 16.3. The Kier molecular flexibility index (Phi) is 4.65. The first-order valence-corrected chi connectivity index (χ1v) is 6.67. The Bertz CT molecular complexity index is 494. The minimum atomic E-state index is -1.57. The van der Waals surface area contributed by atoms with Crippen LogP contribution in [0.2, 0.25) is 0 Å². The fourth-order valence-corrected chi connectivity index (χ4v) is 3.10. The quantitative estimate of drug-likeness (QED) is 0.614. The topological polar surface area (TPSA) is 112 Å². The van der Waals surface area contributed by atoms with Crippen molar-refractivity contribution in [3.8, 4) is 0 Å². The molecule has 20 heavy (non-hydrogen) atoms. The molecule has 7 heteroatoms. The van der Waals surface area contributed by atoms with E-state index in [0.29, 0.717) is 24.0 Å². The molecular formula is C13H21N3O4. The number of allylic oxidation sites excluding steroid dienone is 2. The Labute approximate surface area is 117 Å². The number of nitrogens with two attached hydrogens (primary N) is 1. The summed E-state index contributed by atoms with van der Waals surface area (Å²) in [6, 6.07) is -1.25. The zero-order chi connectivity index (χ0) is 15.7. The van der Waals surface area contributed by atoms with Crippen molar-refractivity contribution in [2.75, 3.05) is 0 Å². The number of rotatable bonds is 5. The Morgan fingerprint density at radius 2 is 1.80 bits per heavy atom. The van der Waals surface area contributed by atoms with Crippen LogP contribution in [0, 0.1) is 26.1 Å². The molecule has 0 aromatic heterocycles. The Morgan fingerprint density at radius 1 is 1.30 bits per heavy atom. The molecule has 0 aliphatic heterocycles. The fourth-order valence-electron chi connectivity index (χ4n) is 3.10. The van der Waals surface area contributed by atoms with Crippen LogP contribution in [0.15, 0.2) is 22.9 Å². The van der Waals surface area contributed by atoms with Crippen molar-refractivity contribution >= 4 is 0 Å². The van der Waals surface area contributed by atoms with Crippen LogP contribution in [0.1, 0.15) is 40.5 Å². The molecule has 0 aromatic carbocycles. The van der Waals surface area contributed by atoms with E-state index in [0.717, 1.165) is 0 Å². The van der Waals surface area contributed by atoms with Crippen LogP contribution in [0.3, 0.4) is 0 Å². The predicted molar refractivity (Wildman–Crippen MR) is 75.2 cm³/mol. The third-order valence-electron chi connectivity index (χ3n) is 4.35. The molecule has 0 amide bonds. The molecule has 1 rings (SSSR count). The van der Waals surface area contributed by atoms with Gasteiger partial charge in [-0.05, 0) is 25.3 Å². The second-order valence-corrected chi connectivity index (χ2v) is 5.29. The van der Waals surface area contributed by atoms with E-state index < -0.39 is 21.4 Å². The van der Waals surface area contributed by atoms with E-state index >= 15 is 0 Å². The van der Waals surface area contributed by atoms with Gasteiger partial charge in [0.25, 0.3) is 11.7 Å². The Balaban J connectivity index is 3.59. The van der Waals surface area contributed by atoms with Crippen molar-refractivity contribution in [2.45, 2.75) is 52.1 Å². The molecule has 7 nitrogen and oxygen atoms in total. The van der Waals surface area contributed by atoms with Crippen molar-refractivity contribution < 1.29 is 9.85 Å². The summed E-state index contributed by atoms with van der Waals surface area (Å²) in [6.45, 7) is 6.96. The molecule has 0 radical (unpaired) electrons. The highest BCUT2D eigenvalue weighted by Gasteiger charge is 2.59. The smallest absolute Gasteiger partial charge is 0.273 e. The van der Waals surface area contributed by atoms with Crippen LogP contribution in [0.25, 0.3) is 0 Å². The maximum Gasteiger partial charge on any atom is 0.273 e. The van der Waals surface area contributed by atoms with Gasteiger partial charge >= 0.3 is 0 Å². The first-order valence-electron chi connectivity index (χ1n) is 6.67. The molecule has 2 unspecified atom stereocenters. The molecule has 0 fully saturated rings. The van der Waals surface area contributed by atoms with Gasteiger partial charge in [-0.25, -0.2) is 0 Å². The van der Waals surface area contributed by atoms with Crippen molar-refractivity contribution in [2.24, 2.45) is 11.7 Å². The highest BCUT2D eigenvalue weighted by molar-refractivity contribution is 5.40. The minimum absolute atomic E-state index is 0.254. The van der Waals surface area contributed by atoms with Crippen molar-refractivity contribution in [3.05, 3.63) is 43.1 Å². The summed E-state index contributed by atoms with van der Waals surface area (Å²) in [4.78, 5) is 21.7. The van der Waals surface area contributed by atoms with Gasteiger partial charge in [0.2, 0.25) is 0 Å². The van der Waals surface area contributed by atoms with Crippen LogP contribution >= 0.6 is 0 Å². The van der Waals surface area contributed by atoms with E-state index in [1.807, 2.05) is 13.8 Å². The third kappa shape index (κ3) is 2.33. The molecule has 2 N–H and O–H groups in total. The molecule has 112 valence electrons. The molecule has 0 bridgehead atoms. The lowest BCUT2D eigenvalue weighted by atomic mass is 9.68. The number of hydrogen-bond donors (Lipinski definition) is 1. The van der Waals surface area contributed by atoms with Gasteiger partial charge in [0.1, 0.15) is 0 Å². The lowest BCUT2D eigenvalue weighted by Gasteiger charge is -2.38. The highest BCUT2D eigenvalue weighted by atomic mass is 16.6. The number of nitro groups is 2. The van der Waals surface area contributed by atoms with E-state index in [1.54, 1.807) is 13.8 Å². The van der Waals surface area contributed by atoms with E-state index in [-0.39, 0.29) is 11.6 Å². The summed E-state index contributed by atoms with van der Waals surface area (Å²) >= 11 is 0. The van der Waals surface area contributed by atoms with Gasteiger partial charge in [0, 0.05) is 16.6 Å². The molecule has 1 aliphatic carbocycles. The molecule has 0 saturated heterocycles. The van der Waals surface area contributed by atoms with E-state index in [4.69, 9.17) is 5.73 Å². The van der Waals surface area contributed by atoms with Crippen molar-refractivity contribution in [3.63, 3.8) is 0 Å². The zero-order valence-electron chi connectivity index (χ0n) is 12.3. The zero-order valence-corrected chi connectivity index (χ0v) is 12.3. The largest absolute Gasteiger partial charge is 0.310 e. The van der Waals surface area contributed by atoms with Crippen LogP contribution in [0.4, 0.5) is 0 Å². The molecule has 2 atom stereocenters. The second kappa shape index (κ2) is 5.70. The third-order valence-corrected chi connectivity index (χ3v) is 4.35. The summed E-state index contributed by atoms with van der Waals surface area (Å²) < 4.78 is 0. The summed E-state index contributed by atoms with van der Waals surface area (Å²) in [6.07, 6.45) is 2.48. The van der Waals surface area contributed by atoms with Crippen LogP contribution in [-0.2, 0) is 0 Å². The van der Waals surface area contributed by atoms with E-state index in [2.05, 4.69) is 0 Å². The van der Waals surface area contributed by atoms with E-state index in [1.165, 1.54) is 6.08 Å². The molecule has 0 saturated carbocycles. The molecule has 0 heterocycles. The maximum atomic E-state index is 11.5. The molecule has 0 aromatic rings. The first-order chi connectivity index (χ1) is 9.21. The van der Waals surface area contributed by atoms with E-state index in [9.17, 15) is 20.2 Å². The van der Waals surface area contributed by atoms with Gasteiger partial charge < -0.3 is 5.73 Å². The molecule has 0 spiro atoms. The van der Waals surface area contributed by atoms with Gasteiger partial charge in [0.05, 0.1) is 4.92 Å². The second-order valence-electron chi connectivity index (χ2n) is 5.29. The standard InChI is InChI=1S/C13H21N3O4/c1-5-10(6-2)13(14)11(15(17)18)7-8(3)9(4)12(13)16(19)20/h7,10,12H,5-6,14H2,1-4H3. The summed E-state index contributed by atoms with van der Waals surface area (Å²) in [5.41, 5.74) is 5.50. The van der Waals surface area contributed by atoms with Crippen molar-refractivity contribution in [1.29, 1.82) is 0 Å². The lowest BCUT2D eigenvalue weighted by Crippen LogP contribution is -2.63. The average Bonchev–Trinajstić information content (AvgIpc) is 2.34. The van der Waals surface area contributed by atoms with Gasteiger partial charge in [-0.2, -0.15) is 0 Å². The average molecular weight is 283 g/mol. The normalized spacial score (nSPS) is 26.7. The number of hydrogen-bond acceptors (Lipinski definition) is 5. The fraction of sp³-hybridized carbons (Fsp3) is 0.692. The van der Waals surface area contributed by atoms with Gasteiger partial charge in [-0.1, -0.05) is 26.7 Å². The SMILES string of the molecule is CCC(CC)C1(N)C([N+](=O)[O-])=CC(C)=C(C)C1[N+](=O)[O-]. The predicted octanol–water partition coefficient (Wildman–Crippen LogP) is 2.28. The van der Waals surface area contributed by atoms with Gasteiger partial charge in [-0.3, -0.25) is 20.2 Å². The lowest BCUT2D eigenvalue weighted by molar-refractivity contribution is -0.536. The van der Waals surface area contributed by atoms with Crippen LogP contribution in [0.5, 0.6) is 0 Å². The maximum absolute atomic E-state index is 11.5. The van der Waals surface area contributed by atoms with Crippen molar-refractivity contribution in [1.82, 2.24) is 0 Å². The highest BCUT2D eigenvalue weighted by Crippen LogP contribution is 2.40. The summed E-state index contributed by atoms with van der Waals surface area (Å²) in [5, 5.41) is 22.8. The van der Waals surface area contributed by atoms with Gasteiger partial charge in [-0.15, -0.1) is 0 Å². The summed E-state index contributed by atoms with van der Waals surface area (Å²) in [7, 11) is 0. The molecule has 1 aliphatic rings.